The summed E-state index contributed by atoms with van der Waals surface area (Å²) in [4.78, 5) is 0. The van der Waals surface area contributed by atoms with E-state index in [1.165, 1.54) is 25.7 Å². The van der Waals surface area contributed by atoms with Crippen LogP contribution in [0.25, 0.3) is 0 Å². The molecule has 0 saturated heterocycles. The van der Waals surface area contributed by atoms with E-state index in [-0.39, 0.29) is 0 Å². The first-order chi connectivity index (χ1) is 6.59. The molecule has 2 heteroatoms. The molecule has 2 N–H and O–H groups in total. The van der Waals surface area contributed by atoms with E-state index in [4.69, 9.17) is 0 Å². The summed E-state index contributed by atoms with van der Waals surface area (Å²) in [5, 5.41) is 13.4. The highest BCUT2D eigenvalue weighted by Crippen LogP contribution is 2.34. The normalized spacial score (nSPS) is 23.1. The molecule has 0 radical (unpaired) electrons. The monoisotopic (exact) mass is 199 g/mol. The summed E-state index contributed by atoms with van der Waals surface area (Å²) in [5.74, 6) is 0.891. The van der Waals surface area contributed by atoms with Crippen molar-refractivity contribution >= 4 is 0 Å². The van der Waals surface area contributed by atoms with Gasteiger partial charge >= 0.3 is 0 Å². The van der Waals surface area contributed by atoms with Crippen molar-refractivity contribution in [1.29, 1.82) is 0 Å². The van der Waals surface area contributed by atoms with Crippen LogP contribution >= 0.6 is 0 Å². The van der Waals surface area contributed by atoms with E-state index >= 15 is 0 Å². The quantitative estimate of drug-likeness (QED) is 0.659. The summed E-state index contributed by atoms with van der Waals surface area (Å²) in [7, 11) is 0. The van der Waals surface area contributed by atoms with E-state index in [0.29, 0.717) is 6.04 Å². The number of hydrogen-bond donors (Lipinski definition) is 2. The Balaban J connectivity index is 2.25. The van der Waals surface area contributed by atoms with Gasteiger partial charge in [0.05, 0.1) is 5.60 Å². The summed E-state index contributed by atoms with van der Waals surface area (Å²) < 4.78 is 0. The minimum atomic E-state index is -0.527. The summed E-state index contributed by atoms with van der Waals surface area (Å²) in [5.41, 5.74) is -0.527. The van der Waals surface area contributed by atoms with Gasteiger partial charge in [0.15, 0.2) is 0 Å². The molecule has 0 bridgehead atoms. The van der Waals surface area contributed by atoms with Gasteiger partial charge in [-0.1, -0.05) is 20.3 Å². The van der Waals surface area contributed by atoms with Crippen LogP contribution in [0, 0.1) is 5.92 Å². The molecule has 0 aliphatic heterocycles. The molecule has 84 valence electrons. The Morgan fingerprint density at radius 2 is 2.07 bits per heavy atom. The highest BCUT2D eigenvalue weighted by Gasteiger charge is 2.31. The van der Waals surface area contributed by atoms with Crippen LogP contribution in [0.15, 0.2) is 0 Å². The first-order valence-electron chi connectivity index (χ1n) is 6.05. The van der Waals surface area contributed by atoms with Gasteiger partial charge in [-0.3, -0.25) is 0 Å². The smallest absolute Gasteiger partial charge is 0.0741 e. The summed E-state index contributed by atoms with van der Waals surface area (Å²) in [6.07, 6.45) is 6.08. The first-order valence-corrected chi connectivity index (χ1v) is 6.05. The molecule has 1 rings (SSSR count). The molecule has 1 aliphatic rings. The molecule has 0 spiro atoms. The molecule has 1 fully saturated rings. The van der Waals surface area contributed by atoms with Crippen LogP contribution in [0.4, 0.5) is 0 Å². The van der Waals surface area contributed by atoms with E-state index in [1.807, 2.05) is 13.8 Å². The van der Waals surface area contributed by atoms with Crippen molar-refractivity contribution in [2.45, 2.75) is 64.5 Å². The van der Waals surface area contributed by atoms with Gasteiger partial charge in [0.1, 0.15) is 0 Å². The zero-order chi connectivity index (χ0) is 10.6. The number of rotatable bonds is 7. The standard InChI is InChI=1S/C12H25NO/c1-4-6-11(10-7-8-10)13-9-12(3,14)5-2/h10-11,13-14H,4-9H2,1-3H3. The van der Waals surface area contributed by atoms with Crippen LogP contribution in [0.2, 0.25) is 0 Å². The molecule has 2 atom stereocenters. The Hall–Kier alpha value is -0.0800. The molecule has 1 saturated carbocycles. The zero-order valence-corrected chi connectivity index (χ0v) is 9.84. The third-order valence-electron chi connectivity index (χ3n) is 3.30. The van der Waals surface area contributed by atoms with Crippen molar-refractivity contribution in [2.24, 2.45) is 5.92 Å². The minimum Gasteiger partial charge on any atom is -0.389 e. The maximum atomic E-state index is 9.88. The fraction of sp³-hybridized carbons (Fsp3) is 1.00. The lowest BCUT2D eigenvalue weighted by Gasteiger charge is -2.26. The Kier molecular flexibility index (Phi) is 4.39. The Labute approximate surface area is 88.1 Å². The molecule has 1 aliphatic carbocycles. The number of hydrogen-bond acceptors (Lipinski definition) is 2. The van der Waals surface area contributed by atoms with Crippen LogP contribution in [-0.2, 0) is 0 Å². The first kappa shape index (κ1) is 12.0. The maximum absolute atomic E-state index is 9.88. The average molecular weight is 199 g/mol. The van der Waals surface area contributed by atoms with Gasteiger partial charge in [0, 0.05) is 12.6 Å². The van der Waals surface area contributed by atoms with E-state index in [0.717, 1.165) is 18.9 Å². The van der Waals surface area contributed by atoms with E-state index in [9.17, 15) is 5.11 Å². The maximum Gasteiger partial charge on any atom is 0.0741 e. The van der Waals surface area contributed by atoms with Gasteiger partial charge in [-0.05, 0) is 38.5 Å². The second-order valence-corrected chi connectivity index (χ2v) is 4.96. The van der Waals surface area contributed by atoms with Crippen molar-refractivity contribution in [2.75, 3.05) is 6.54 Å². The van der Waals surface area contributed by atoms with Crippen LogP contribution in [0.1, 0.15) is 52.9 Å². The van der Waals surface area contributed by atoms with Crippen LogP contribution in [-0.4, -0.2) is 23.3 Å². The van der Waals surface area contributed by atoms with Crippen LogP contribution in [0.3, 0.4) is 0 Å². The predicted molar refractivity (Wildman–Crippen MR) is 60.3 cm³/mol. The third kappa shape index (κ3) is 3.97. The lowest BCUT2D eigenvalue weighted by Crippen LogP contribution is -2.43. The summed E-state index contributed by atoms with van der Waals surface area (Å²) in [6.45, 7) is 6.92. The fourth-order valence-electron chi connectivity index (χ4n) is 1.79. The molecule has 14 heavy (non-hydrogen) atoms. The summed E-state index contributed by atoms with van der Waals surface area (Å²) >= 11 is 0. The molecule has 0 heterocycles. The topological polar surface area (TPSA) is 32.3 Å². The molecular weight excluding hydrogens is 174 g/mol. The van der Waals surface area contributed by atoms with Gasteiger partial charge in [-0.2, -0.15) is 0 Å². The van der Waals surface area contributed by atoms with Crippen molar-refractivity contribution in [3.05, 3.63) is 0 Å². The van der Waals surface area contributed by atoms with Crippen molar-refractivity contribution in [3.63, 3.8) is 0 Å². The minimum absolute atomic E-state index is 0.527. The Morgan fingerprint density at radius 1 is 1.43 bits per heavy atom. The van der Waals surface area contributed by atoms with E-state index < -0.39 is 5.60 Å². The van der Waals surface area contributed by atoms with Crippen molar-refractivity contribution in [3.8, 4) is 0 Å². The zero-order valence-electron chi connectivity index (χ0n) is 9.84. The molecule has 0 aromatic carbocycles. The largest absolute Gasteiger partial charge is 0.389 e. The Bertz CT molecular complexity index is 164. The molecule has 2 unspecified atom stereocenters. The van der Waals surface area contributed by atoms with Gasteiger partial charge in [0.2, 0.25) is 0 Å². The van der Waals surface area contributed by atoms with Gasteiger partial charge in [0.25, 0.3) is 0 Å². The van der Waals surface area contributed by atoms with E-state index in [2.05, 4.69) is 12.2 Å². The molecule has 0 aromatic heterocycles. The van der Waals surface area contributed by atoms with Gasteiger partial charge < -0.3 is 10.4 Å². The second-order valence-electron chi connectivity index (χ2n) is 4.96. The van der Waals surface area contributed by atoms with Crippen LogP contribution < -0.4 is 5.32 Å². The van der Waals surface area contributed by atoms with Crippen molar-refractivity contribution < 1.29 is 5.11 Å². The number of nitrogens with one attached hydrogen (secondary N) is 1. The predicted octanol–water partition coefficient (Wildman–Crippen LogP) is 2.32. The molecule has 2 nitrogen and oxygen atoms in total. The molecular formula is C12H25NO. The van der Waals surface area contributed by atoms with Crippen LogP contribution in [0.5, 0.6) is 0 Å². The summed E-state index contributed by atoms with van der Waals surface area (Å²) in [6, 6.07) is 0.651. The van der Waals surface area contributed by atoms with Gasteiger partial charge in [-0.25, -0.2) is 0 Å². The Morgan fingerprint density at radius 3 is 2.50 bits per heavy atom. The fourth-order valence-corrected chi connectivity index (χ4v) is 1.79. The number of aliphatic hydroxyl groups is 1. The SMILES string of the molecule is CCCC(NCC(C)(O)CC)C1CC1. The third-order valence-corrected chi connectivity index (χ3v) is 3.30. The van der Waals surface area contributed by atoms with Gasteiger partial charge in [-0.15, -0.1) is 0 Å². The molecule has 0 aromatic rings. The highest BCUT2D eigenvalue weighted by molar-refractivity contribution is 4.88. The van der Waals surface area contributed by atoms with Crippen molar-refractivity contribution in [1.82, 2.24) is 5.32 Å². The highest BCUT2D eigenvalue weighted by atomic mass is 16.3. The van der Waals surface area contributed by atoms with E-state index in [1.54, 1.807) is 0 Å². The second kappa shape index (κ2) is 5.13. The average Bonchev–Trinajstić information content (AvgIpc) is 2.95. The lowest BCUT2D eigenvalue weighted by atomic mass is 10.0. The molecule has 0 amide bonds. The lowest BCUT2D eigenvalue weighted by molar-refractivity contribution is 0.0516.